The fourth-order valence-electron chi connectivity index (χ4n) is 1.32. The minimum absolute atomic E-state index is 0.196. The van der Waals surface area contributed by atoms with Gasteiger partial charge in [-0.15, -0.1) is 0 Å². The molecular formula is C9H13NO2. The number of carbonyl (C=O) groups is 2. The second kappa shape index (κ2) is 3.09. The van der Waals surface area contributed by atoms with Crippen molar-refractivity contribution >= 4 is 11.8 Å². The van der Waals surface area contributed by atoms with Crippen LogP contribution in [0.3, 0.4) is 0 Å². The highest BCUT2D eigenvalue weighted by molar-refractivity contribution is 6.14. The van der Waals surface area contributed by atoms with Crippen molar-refractivity contribution < 1.29 is 9.59 Å². The Labute approximate surface area is 71.8 Å². The molecule has 0 aromatic carbocycles. The number of nitrogens with one attached hydrogen (secondary N) is 1. The average Bonchev–Trinajstić information content (AvgIpc) is 2.16. The monoisotopic (exact) mass is 167 g/mol. The molecule has 1 heterocycles. The Morgan fingerprint density at radius 1 is 1.50 bits per heavy atom. The summed E-state index contributed by atoms with van der Waals surface area (Å²) in [5, 5.41) is 2.24. The highest BCUT2D eigenvalue weighted by Crippen LogP contribution is 2.23. The van der Waals surface area contributed by atoms with E-state index in [-0.39, 0.29) is 17.7 Å². The van der Waals surface area contributed by atoms with Gasteiger partial charge in [0, 0.05) is 5.57 Å². The quantitative estimate of drug-likeness (QED) is 0.489. The minimum Gasteiger partial charge on any atom is -0.292 e. The predicted octanol–water partition coefficient (Wildman–Crippen LogP) is 0.861. The van der Waals surface area contributed by atoms with Crippen LogP contribution in [0.1, 0.15) is 20.3 Å². The van der Waals surface area contributed by atoms with Crippen molar-refractivity contribution in [2.75, 3.05) is 0 Å². The van der Waals surface area contributed by atoms with Crippen LogP contribution in [0.25, 0.3) is 0 Å². The maximum Gasteiger partial charge on any atom is 0.253 e. The lowest BCUT2D eigenvalue weighted by Gasteiger charge is -2.08. The number of rotatable bonds is 2. The van der Waals surface area contributed by atoms with Crippen LogP contribution < -0.4 is 5.32 Å². The summed E-state index contributed by atoms with van der Waals surface area (Å²) in [5.41, 5.74) is 0.411. The van der Waals surface area contributed by atoms with Crippen LogP contribution in [0.4, 0.5) is 0 Å². The highest BCUT2D eigenvalue weighted by atomic mass is 16.2. The van der Waals surface area contributed by atoms with Gasteiger partial charge in [-0.25, -0.2) is 0 Å². The van der Waals surface area contributed by atoms with Crippen LogP contribution in [0, 0.1) is 11.8 Å². The summed E-state index contributed by atoms with van der Waals surface area (Å²) in [6, 6.07) is 0. The van der Waals surface area contributed by atoms with Gasteiger partial charge in [0.05, 0.1) is 5.92 Å². The molecule has 12 heavy (non-hydrogen) atoms. The van der Waals surface area contributed by atoms with E-state index in [1.165, 1.54) is 0 Å². The lowest BCUT2D eigenvalue weighted by Crippen LogP contribution is -2.22. The molecule has 66 valence electrons. The van der Waals surface area contributed by atoms with Gasteiger partial charge < -0.3 is 0 Å². The van der Waals surface area contributed by atoms with Gasteiger partial charge in [0.2, 0.25) is 5.91 Å². The van der Waals surface area contributed by atoms with Crippen molar-refractivity contribution in [3.05, 3.63) is 12.2 Å². The first-order valence-electron chi connectivity index (χ1n) is 4.06. The maximum atomic E-state index is 11.1. The largest absolute Gasteiger partial charge is 0.292 e. The molecule has 0 aromatic heterocycles. The third-order valence-electron chi connectivity index (χ3n) is 1.97. The van der Waals surface area contributed by atoms with Crippen molar-refractivity contribution in [1.29, 1.82) is 0 Å². The number of hydrogen-bond donors (Lipinski definition) is 1. The van der Waals surface area contributed by atoms with Gasteiger partial charge in [-0.2, -0.15) is 0 Å². The summed E-state index contributed by atoms with van der Waals surface area (Å²) in [4.78, 5) is 22.1. The molecule has 0 aromatic rings. The molecule has 1 atom stereocenters. The van der Waals surface area contributed by atoms with Crippen LogP contribution >= 0.6 is 0 Å². The van der Waals surface area contributed by atoms with Crippen molar-refractivity contribution in [3.63, 3.8) is 0 Å². The van der Waals surface area contributed by atoms with E-state index in [2.05, 4.69) is 11.9 Å². The Balaban J connectivity index is 2.70. The van der Waals surface area contributed by atoms with Gasteiger partial charge in [-0.05, 0) is 12.3 Å². The molecule has 3 nitrogen and oxygen atoms in total. The zero-order chi connectivity index (χ0) is 9.30. The first-order valence-corrected chi connectivity index (χ1v) is 4.06. The summed E-state index contributed by atoms with van der Waals surface area (Å²) < 4.78 is 0. The van der Waals surface area contributed by atoms with Gasteiger partial charge in [0.15, 0.2) is 0 Å². The van der Waals surface area contributed by atoms with E-state index in [0.717, 1.165) is 0 Å². The molecular weight excluding hydrogens is 154 g/mol. The Bertz CT molecular complexity index is 243. The molecule has 0 bridgehead atoms. The molecule has 1 aliphatic rings. The molecule has 1 aliphatic heterocycles. The summed E-state index contributed by atoms with van der Waals surface area (Å²) in [6.45, 7) is 7.62. The topological polar surface area (TPSA) is 46.2 Å². The summed E-state index contributed by atoms with van der Waals surface area (Å²) in [5.74, 6) is -0.398. The summed E-state index contributed by atoms with van der Waals surface area (Å²) in [7, 11) is 0. The SMILES string of the molecule is C=C1C(=O)NC(=O)C1CC(C)C. The van der Waals surface area contributed by atoms with Gasteiger partial charge in [-0.3, -0.25) is 14.9 Å². The van der Waals surface area contributed by atoms with E-state index in [9.17, 15) is 9.59 Å². The second-order valence-electron chi connectivity index (χ2n) is 3.53. The molecule has 1 fully saturated rings. The van der Waals surface area contributed by atoms with E-state index in [0.29, 0.717) is 17.9 Å². The minimum atomic E-state index is -0.314. The van der Waals surface area contributed by atoms with Crippen LogP contribution in [-0.2, 0) is 9.59 Å². The highest BCUT2D eigenvalue weighted by Gasteiger charge is 2.34. The third kappa shape index (κ3) is 1.55. The molecule has 1 rings (SSSR count). The molecule has 0 spiro atoms. The first-order chi connectivity index (χ1) is 5.52. The van der Waals surface area contributed by atoms with Crippen molar-refractivity contribution in [3.8, 4) is 0 Å². The lowest BCUT2D eigenvalue weighted by atomic mass is 9.93. The normalized spacial score (nSPS) is 23.6. The van der Waals surface area contributed by atoms with E-state index < -0.39 is 0 Å². The average molecular weight is 167 g/mol. The number of hydrogen-bond acceptors (Lipinski definition) is 2. The van der Waals surface area contributed by atoms with Gasteiger partial charge in [0.25, 0.3) is 5.91 Å². The summed E-state index contributed by atoms with van der Waals surface area (Å²) >= 11 is 0. The van der Waals surface area contributed by atoms with E-state index in [1.807, 2.05) is 13.8 Å². The molecule has 0 aliphatic carbocycles. The van der Waals surface area contributed by atoms with E-state index in [1.54, 1.807) is 0 Å². The van der Waals surface area contributed by atoms with Crippen molar-refractivity contribution in [2.24, 2.45) is 11.8 Å². The third-order valence-corrected chi connectivity index (χ3v) is 1.97. The molecule has 0 saturated carbocycles. The predicted molar refractivity (Wildman–Crippen MR) is 45.2 cm³/mol. The molecule has 1 saturated heterocycles. The lowest BCUT2D eigenvalue weighted by molar-refractivity contribution is -0.125. The zero-order valence-electron chi connectivity index (χ0n) is 7.39. The van der Waals surface area contributed by atoms with Crippen LogP contribution in [0.15, 0.2) is 12.2 Å². The number of imide groups is 1. The second-order valence-corrected chi connectivity index (χ2v) is 3.53. The van der Waals surface area contributed by atoms with E-state index >= 15 is 0 Å². The molecule has 1 unspecified atom stereocenters. The Morgan fingerprint density at radius 3 is 2.42 bits per heavy atom. The molecule has 2 amide bonds. The van der Waals surface area contributed by atoms with E-state index in [4.69, 9.17) is 0 Å². The fourth-order valence-corrected chi connectivity index (χ4v) is 1.32. The first kappa shape index (κ1) is 8.97. The van der Waals surface area contributed by atoms with Gasteiger partial charge in [0.1, 0.15) is 0 Å². The van der Waals surface area contributed by atoms with Gasteiger partial charge >= 0.3 is 0 Å². The van der Waals surface area contributed by atoms with Crippen molar-refractivity contribution in [1.82, 2.24) is 5.32 Å². The molecule has 0 radical (unpaired) electrons. The van der Waals surface area contributed by atoms with Crippen LogP contribution in [-0.4, -0.2) is 11.8 Å². The molecule has 3 heteroatoms. The Hall–Kier alpha value is -1.12. The van der Waals surface area contributed by atoms with Crippen LogP contribution in [0.5, 0.6) is 0 Å². The molecule has 1 N–H and O–H groups in total. The number of amides is 2. The number of carbonyl (C=O) groups excluding carboxylic acids is 2. The fraction of sp³-hybridized carbons (Fsp3) is 0.556. The van der Waals surface area contributed by atoms with Crippen LogP contribution in [0.2, 0.25) is 0 Å². The Kier molecular flexibility index (Phi) is 2.31. The smallest absolute Gasteiger partial charge is 0.253 e. The Morgan fingerprint density at radius 2 is 2.08 bits per heavy atom. The zero-order valence-corrected chi connectivity index (χ0v) is 7.39. The standard InChI is InChI=1S/C9H13NO2/c1-5(2)4-7-6(3)8(11)10-9(7)12/h5,7H,3-4H2,1-2H3,(H,10,11,12). The van der Waals surface area contributed by atoms with Crippen molar-refractivity contribution in [2.45, 2.75) is 20.3 Å². The summed E-state index contributed by atoms with van der Waals surface area (Å²) in [6.07, 6.45) is 0.705. The maximum absolute atomic E-state index is 11.1. The van der Waals surface area contributed by atoms with Gasteiger partial charge in [-0.1, -0.05) is 20.4 Å².